The van der Waals surface area contributed by atoms with Crippen LogP contribution in [-0.2, 0) is 17.8 Å². The summed E-state index contributed by atoms with van der Waals surface area (Å²) in [6, 6.07) is 10.3. The standard InChI is InChI=1S/C19H28N4OS/c1-16-14-23-18(25-16)10-12-22-19(20-2)21-11-6-7-13-24-15-17-8-4-3-5-9-17/h3-5,8-9,14H,6-7,10-13,15H2,1-2H3,(H2,20,21,22). The van der Waals surface area contributed by atoms with Gasteiger partial charge in [-0.1, -0.05) is 30.3 Å². The number of unbranched alkanes of at least 4 members (excludes halogenated alkanes) is 1. The van der Waals surface area contributed by atoms with Gasteiger partial charge in [0.2, 0.25) is 0 Å². The average molecular weight is 361 g/mol. The molecule has 1 aromatic carbocycles. The Morgan fingerprint density at radius 1 is 1.16 bits per heavy atom. The second kappa shape index (κ2) is 11.6. The van der Waals surface area contributed by atoms with E-state index in [2.05, 4.69) is 39.7 Å². The van der Waals surface area contributed by atoms with Crippen molar-refractivity contribution < 1.29 is 4.74 Å². The van der Waals surface area contributed by atoms with Crippen LogP contribution >= 0.6 is 11.3 Å². The second-order valence-corrected chi connectivity index (χ2v) is 7.11. The van der Waals surface area contributed by atoms with Gasteiger partial charge in [-0.2, -0.15) is 0 Å². The molecule has 0 aliphatic carbocycles. The molecule has 0 radical (unpaired) electrons. The van der Waals surface area contributed by atoms with Crippen molar-refractivity contribution in [2.45, 2.75) is 32.8 Å². The van der Waals surface area contributed by atoms with Crippen molar-refractivity contribution in [3.05, 3.63) is 52.0 Å². The van der Waals surface area contributed by atoms with E-state index in [9.17, 15) is 0 Å². The van der Waals surface area contributed by atoms with Crippen molar-refractivity contribution in [1.82, 2.24) is 15.6 Å². The van der Waals surface area contributed by atoms with Crippen molar-refractivity contribution in [3.63, 3.8) is 0 Å². The number of nitrogens with zero attached hydrogens (tertiary/aromatic N) is 2. The first-order valence-electron chi connectivity index (χ1n) is 8.75. The molecule has 0 unspecified atom stereocenters. The monoisotopic (exact) mass is 360 g/mol. The SMILES string of the molecule is CN=C(NCCCCOCc1ccccc1)NCCc1ncc(C)s1. The number of thiazole rings is 1. The van der Waals surface area contributed by atoms with Crippen LogP contribution < -0.4 is 10.6 Å². The van der Waals surface area contributed by atoms with Gasteiger partial charge in [-0.3, -0.25) is 4.99 Å². The van der Waals surface area contributed by atoms with Gasteiger partial charge in [0, 0.05) is 44.2 Å². The molecule has 0 fully saturated rings. The smallest absolute Gasteiger partial charge is 0.190 e. The number of hydrogen-bond acceptors (Lipinski definition) is 4. The highest BCUT2D eigenvalue weighted by Gasteiger charge is 2.01. The van der Waals surface area contributed by atoms with Crippen molar-refractivity contribution >= 4 is 17.3 Å². The lowest BCUT2D eigenvalue weighted by Gasteiger charge is -2.11. The Kier molecular flexibility index (Phi) is 9.01. The number of guanidine groups is 1. The molecule has 0 saturated heterocycles. The lowest BCUT2D eigenvalue weighted by atomic mass is 10.2. The van der Waals surface area contributed by atoms with Gasteiger partial charge in [0.15, 0.2) is 5.96 Å². The molecule has 2 rings (SSSR count). The summed E-state index contributed by atoms with van der Waals surface area (Å²) in [5.74, 6) is 0.846. The fourth-order valence-corrected chi connectivity index (χ4v) is 3.11. The summed E-state index contributed by atoms with van der Waals surface area (Å²) in [5.41, 5.74) is 1.22. The van der Waals surface area contributed by atoms with Crippen LogP contribution in [0, 0.1) is 6.92 Å². The molecule has 0 amide bonds. The zero-order valence-electron chi connectivity index (χ0n) is 15.1. The quantitative estimate of drug-likeness (QED) is 0.388. The van der Waals surface area contributed by atoms with E-state index in [1.165, 1.54) is 10.4 Å². The van der Waals surface area contributed by atoms with Crippen LogP contribution in [-0.4, -0.2) is 37.7 Å². The molecular formula is C19H28N4OS. The van der Waals surface area contributed by atoms with Crippen molar-refractivity contribution in [2.75, 3.05) is 26.7 Å². The van der Waals surface area contributed by atoms with Crippen molar-refractivity contribution in [3.8, 4) is 0 Å². The van der Waals surface area contributed by atoms with Gasteiger partial charge in [-0.25, -0.2) is 4.98 Å². The Balaban J connectivity index is 1.48. The number of aryl methyl sites for hydroxylation is 1. The topological polar surface area (TPSA) is 58.5 Å². The van der Waals surface area contributed by atoms with E-state index >= 15 is 0 Å². The highest BCUT2D eigenvalue weighted by atomic mass is 32.1. The predicted octanol–water partition coefficient (Wildman–Crippen LogP) is 3.16. The van der Waals surface area contributed by atoms with E-state index in [0.717, 1.165) is 49.9 Å². The lowest BCUT2D eigenvalue weighted by Crippen LogP contribution is -2.38. The van der Waals surface area contributed by atoms with Gasteiger partial charge in [0.1, 0.15) is 0 Å². The van der Waals surface area contributed by atoms with Crippen LogP contribution in [0.3, 0.4) is 0 Å². The summed E-state index contributed by atoms with van der Waals surface area (Å²) in [4.78, 5) is 9.87. The van der Waals surface area contributed by atoms with Crippen LogP contribution in [0.25, 0.3) is 0 Å². The van der Waals surface area contributed by atoms with Gasteiger partial charge in [-0.15, -0.1) is 11.3 Å². The number of aromatic nitrogens is 1. The predicted molar refractivity (Wildman–Crippen MR) is 105 cm³/mol. The molecule has 2 N–H and O–H groups in total. The fourth-order valence-electron chi connectivity index (χ4n) is 2.33. The third-order valence-electron chi connectivity index (χ3n) is 3.64. The van der Waals surface area contributed by atoms with Gasteiger partial charge >= 0.3 is 0 Å². The lowest BCUT2D eigenvalue weighted by molar-refractivity contribution is 0.117. The first kappa shape index (κ1) is 19.4. The zero-order valence-corrected chi connectivity index (χ0v) is 15.9. The Hall–Kier alpha value is -1.92. The molecule has 136 valence electrons. The van der Waals surface area contributed by atoms with Gasteiger partial charge in [0.25, 0.3) is 0 Å². The second-order valence-electron chi connectivity index (χ2n) is 5.79. The first-order chi connectivity index (χ1) is 12.3. The third-order valence-corrected chi connectivity index (χ3v) is 4.62. The molecule has 1 aromatic heterocycles. The molecule has 0 bridgehead atoms. The summed E-state index contributed by atoms with van der Waals surface area (Å²) in [6.07, 6.45) is 4.94. The minimum Gasteiger partial charge on any atom is -0.377 e. The molecule has 0 saturated carbocycles. The van der Waals surface area contributed by atoms with E-state index in [0.29, 0.717) is 6.61 Å². The van der Waals surface area contributed by atoms with Gasteiger partial charge in [-0.05, 0) is 25.3 Å². The average Bonchev–Trinajstić information content (AvgIpc) is 3.05. The summed E-state index contributed by atoms with van der Waals surface area (Å²) in [6.45, 7) is 5.29. The van der Waals surface area contributed by atoms with Crippen LogP contribution in [0.1, 0.15) is 28.3 Å². The Labute approximate surface area is 154 Å². The summed E-state index contributed by atoms with van der Waals surface area (Å²) >= 11 is 1.75. The highest BCUT2D eigenvalue weighted by Crippen LogP contribution is 2.10. The highest BCUT2D eigenvalue weighted by molar-refractivity contribution is 7.11. The number of ether oxygens (including phenoxy) is 1. The Morgan fingerprint density at radius 2 is 1.96 bits per heavy atom. The molecule has 25 heavy (non-hydrogen) atoms. The van der Waals surface area contributed by atoms with E-state index in [4.69, 9.17) is 4.74 Å². The number of nitrogens with one attached hydrogen (secondary N) is 2. The number of benzene rings is 1. The van der Waals surface area contributed by atoms with Crippen LogP contribution in [0.5, 0.6) is 0 Å². The maximum absolute atomic E-state index is 5.69. The van der Waals surface area contributed by atoms with E-state index in [1.807, 2.05) is 24.4 Å². The van der Waals surface area contributed by atoms with Crippen LogP contribution in [0.15, 0.2) is 41.5 Å². The van der Waals surface area contributed by atoms with E-state index < -0.39 is 0 Å². The van der Waals surface area contributed by atoms with Crippen LogP contribution in [0.2, 0.25) is 0 Å². The fraction of sp³-hybridized carbons (Fsp3) is 0.474. The molecule has 2 aromatic rings. The molecule has 0 atom stereocenters. The molecule has 6 heteroatoms. The van der Waals surface area contributed by atoms with E-state index in [1.54, 1.807) is 18.4 Å². The summed E-state index contributed by atoms with van der Waals surface area (Å²) in [7, 11) is 1.80. The Bertz CT molecular complexity index is 627. The number of aliphatic imine (C=N–C) groups is 1. The first-order valence-corrected chi connectivity index (χ1v) is 9.57. The number of hydrogen-bond donors (Lipinski definition) is 2. The summed E-state index contributed by atoms with van der Waals surface area (Å²) in [5, 5.41) is 7.82. The normalized spacial score (nSPS) is 11.5. The molecule has 0 spiro atoms. The maximum Gasteiger partial charge on any atom is 0.190 e. The minimum absolute atomic E-state index is 0.688. The van der Waals surface area contributed by atoms with Gasteiger partial charge in [0.05, 0.1) is 11.6 Å². The Morgan fingerprint density at radius 3 is 2.68 bits per heavy atom. The largest absolute Gasteiger partial charge is 0.377 e. The van der Waals surface area contributed by atoms with E-state index in [-0.39, 0.29) is 0 Å². The summed E-state index contributed by atoms with van der Waals surface area (Å²) < 4.78 is 5.69. The molecular weight excluding hydrogens is 332 g/mol. The minimum atomic E-state index is 0.688. The van der Waals surface area contributed by atoms with Crippen molar-refractivity contribution in [2.24, 2.45) is 4.99 Å². The third kappa shape index (κ3) is 8.14. The molecule has 0 aliphatic heterocycles. The molecule has 5 nitrogen and oxygen atoms in total. The number of rotatable bonds is 10. The zero-order chi connectivity index (χ0) is 17.7. The van der Waals surface area contributed by atoms with Crippen molar-refractivity contribution in [1.29, 1.82) is 0 Å². The molecule has 1 heterocycles. The molecule has 0 aliphatic rings. The van der Waals surface area contributed by atoms with Gasteiger partial charge < -0.3 is 15.4 Å². The maximum atomic E-state index is 5.69. The van der Waals surface area contributed by atoms with Crippen LogP contribution in [0.4, 0.5) is 0 Å².